The quantitative estimate of drug-likeness (QED) is 0.184. The molecule has 0 saturated heterocycles. The van der Waals surface area contributed by atoms with Crippen LogP contribution in [0.3, 0.4) is 0 Å². The zero-order valence-corrected chi connectivity index (χ0v) is 29.5. The minimum absolute atomic E-state index is 0.602. The highest BCUT2D eigenvalue weighted by Crippen LogP contribution is 2.40. The third kappa shape index (κ3) is 4.51. The van der Waals surface area contributed by atoms with Crippen molar-refractivity contribution >= 4 is 65.4 Å². The molecule has 0 fully saturated rings. The molecular formula is C50H29N5. The average Bonchev–Trinajstić information content (AvgIpc) is 3.89. The van der Waals surface area contributed by atoms with Gasteiger partial charge in [0.25, 0.3) is 0 Å². The molecule has 0 radical (unpaired) electrons. The van der Waals surface area contributed by atoms with Gasteiger partial charge in [0.15, 0.2) is 0 Å². The molecule has 11 aromatic rings. The molecule has 0 bridgehead atoms. The third-order valence-electron chi connectivity index (χ3n) is 11.1. The number of hydrogen-bond acceptors (Lipinski definition) is 2. The van der Waals surface area contributed by atoms with Gasteiger partial charge < -0.3 is 13.7 Å². The van der Waals surface area contributed by atoms with E-state index in [1.807, 2.05) is 36.4 Å². The molecule has 3 heterocycles. The second-order valence-corrected chi connectivity index (χ2v) is 14.0. The van der Waals surface area contributed by atoms with Crippen LogP contribution >= 0.6 is 0 Å². The molecule has 0 atom stereocenters. The van der Waals surface area contributed by atoms with Gasteiger partial charge >= 0.3 is 0 Å². The Morgan fingerprint density at radius 1 is 0.327 bits per heavy atom. The average molecular weight is 700 g/mol. The smallest absolute Gasteiger partial charge is 0.0992 e. The predicted molar refractivity (Wildman–Crippen MR) is 224 cm³/mol. The van der Waals surface area contributed by atoms with E-state index >= 15 is 0 Å². The maximum absolute atomic E-state index is 10.1. The Balaban J connectivity index is 1.10. The van der Waals surface area contributed by atoms with Crippen LogP contribution in [0.25, 0.3) is 93.6 Å². The van der Waals surface area contributed by atoms with Gasteiger partial charge in [0.05, 0.1) is 62.1 Å². The summed E-state index contributed by atoms with van der Waals surface area (Å²) in [6.45, 7) is 0. The van der Waals surface area contributed by atoms with Crippen molar-refractivity contribution in [2.75, 3.05) is 0 Å². The molecule has 0 unspecified atom stereocenters. The standard InChI is InChI=1S/C50H29N5/c51-30-32-18-25-48-42(27-32)40-11-3-7-15-46(40)53(48)35-21-19-34(20-22-35)37-24-17-33(31-52)28-50(37)55-47-16-8-4-12-41(47)43-29-36(23-26-49(43)55)54-44-13-5-1-9-38(44)39-10-2-6-14-45(39)54/h1-29H. The molecule has 0 N–H and O–H groups in total. The number of benzene rings is 8. The number of para-hydroxylation sites is 4. The van der Waals surface area contributed by atoms with E-state index in [0.717, 1.165) is 71.8 Å². The van der Waals surface area contributed by atoms with Gasteiger partial charge in [0.1, 0.15) is 0 Å². The highest BCUT2D eigenvalue weighted by molar-refractivity contribution is 6.13. The summed E-state index contributed by atoms with van der Waals surface area (Å²) < 4.78 is 6.93. The van der Waals surface area contributed by atoms with Gasteiger partial charge in [-0.15, -0.1) is 0 Å². The molecule has 8 aromatic carbocycles. The molecule has 55 heavy (non-hydrogen) atoms. The van der Waals surface area contributed by atoms with Crippen LogP contribution in [-0.2, 0) is 0 Å². The van der Waals surface area contributed by atoms with E-state index in [1.165, 1.54) is 21.8 Å². The minimum Gasteiger partial charge on any atom is -0.309 e. The molecule has 11 rings (SSSR count). The van der Waals surface area contributed by atoms with E-state index in [1.54, 1.807) is 0 Å². The maximum atomic E-state index is 10.1. The molecule has 0 saturated carbocycles. The Morgan fingerprint density at radius 3 is 1.35 bits per heavy atom. The van der Waals surface area contributed by atoms with Gasteiger partial charge in [-0.05, 0) is 90.5 Å². The van der Waals surface area contributed by atoms with Crippen molar-refractivity contribution in [2.45, 2.75) is 0 Å². The lowest BCUT2D eigenvalue weighted by Gasteiger charge is -2.16. The summed E-state index contributed by atoms with van der Waals surface area (Å²) in [6, 6.07) is 66.0. The molecule has 0 spiro atoms. The number of nitriles is 2. The van der Waals surface area contributed by atoms with E-state index in [4.69, 9.17) is 0 Å². The molecule has 3 aromatic heterocycles. The van der Waals surface area contributed by atoms with Gasteiger partial charge in [-0.1, -0.05) is 91.0 Å². The Morgan fingerprint density at radius 2 is 0.745 bits per heavy atom. The molecular weight excluding hydrogens is 671 g/mol. The largest absolute Gasteiger partial charge is 0.309 e. The van der Waals surface area contributed by atoms with Crippen molar-refractivity contribution in [3.05, 3.63) is 187 Å². The Kier molecular flexibility index (Phi) is 6.61. The van der Waals surface area contributed by atoms with Gasteiger partial charge in [0.2, 0.25) is 0 Å². The summed E-state index contributed by atoms with van der Waals surface area (Å²) in [5.41, 5.74) is 13.0. The number of rotatable bonds is 4. The molecule has 0 amide bonds. The third-order valence-corrected chi connectivity index (χ3v) is 11.1. The second kappa shape index (κ2) is 11.8. The molecule has 254 valence electrons. The van der Waals surface area contributed by atoms with Gasteiger partial charge in [-0.3, -0.25) is 0 Å². The van der Waals surface area contributed by atoms with Gasteiger partial charge in [-0.2, -0.15) is 10.5 Å². The molecule has 0 aliphatic rings. The topological polar surface area (TPSA) is 62.4 Å². The monoisotopic (exact) mass is 699 g/mol. The van der Waals surface area contributed by atoms with E-state index in [9.17, 15) is 10.5 Å². The second-order valence-electron chi connectivity index (χ2n) is 14.0. The van der Waals surface area contributed by atoms with Crippen molar-refractivity contribution < 1.29 is 0 Å². The van der Waals surface area contributed by atoms with Crippen LogP contribution in [0.5, 0.6) is 0 Å². The summed E-state index contributed by atoms with van der Waals surface area (Å²) in [6.07, 6.45) is 0. The summed E-state index contributed by atoms with van der Waals surface area (Å²) >= 11 is 0. The van der Waals surface area contributed by atoms with Crippen LogP contribution in [0.15, 0.2) is 176 Å². The van der Waals surface area contributed by atoms with E-state index < -0.39 is 0 Å². The SMILES string of the molecule is N#Cc1ccc(-c2ccc(-n3c4ccccc4c4cc(C#N)ccc43)cc2)c(-n2c3ccccc3c3cc(-n4c5ccccc5c5ccccc54)ccc32)c1. The number of aromatic nitrogens is 3. The van der Waals surface area contributed by atoms with E-state index in [2.05, 4.69) is 165 Å². The Bertz CT molecular complexity index is 3400. The number of nitrogens with zero attached hydrogens (tertiary/aromatic N) is 5. The molecule has 5 heteroatoms. The highest BCUT2D eigenvalue weighted by Gasteiger charge is 2.19. The fourth-order valence-electron chi connectivity index (χ4n) is 8.70. The summed E-state index contributed by atoms with van der Waals surface area (Å²) in [5.74, 6) is 0. The molecule has 0 aliphatic heterocycles. The first-order valence-corrected chi connectivity index (χ1v) is 18.3. The maximum Gasteiger partial charge on any atom is 0.0992 e. The first kappa shape index (κ1) is 30.7. The van der Waals surface area contributed by atoms with Crippen LogP contribution in [0.4, 0.5) is 0 Å². The van der Waals surface area contributed by atoms with E-state index in [0.29, 0.717) is 11.1 Å². The summed E-state index contributed by atoms with van der Waals surface area (Å²) in [5, 5.41) is 26.7. The van der Waals surface area contributed by atoms with Crippen LogP contribution in [-0.4, -0.2) is 13.7 Å². The Hall–Kier alpha value is -7.86. The van der Waals surface area contributed by atoms with Crippen LogP contribution in [0.2, 0.25) is 0 Å². The fourth-order valence-corrected chi connectivity index (χ4v) is 8.70. The summed E-state index contributed by atoms with van der Waals surface area (Å²) in [4.78, 5) is 0. The minimum atomic E-state index is 0.602. The normalized spacial score (nSPS) is 11.6. The van der Waals surface area contributed by atoms with Gasteiger partial charge in [-0.25, -0.2) is 0 Å². The lowest BCUT2D eigenvalue weighted by atomic mass is 10.0. The van der Waals surface area contributed by atoms with Crippen molar-refractivity contribution in [2.24, 2.45) is 0 Å². The first-order valence-electron chi connectivity index (χ1n) is 18.3. The van der Waals surface area contributed by atoms with Crippen molar-refractivity contribution in [1.29, 1.82) is 10.5 Å². The predicted octanol–water partition coefficient (Wildman–Crippen LogP) is 12.4. The lowest BCUT2D eigenvalue weighted by Crippen LogP contribution is -1.99. The van der Waals surface area contributed by atoms with Crippen molar-refractivity contribution in [3.63, 3.8) is 0 Å². The molecule has 5 nitrogen and oxygen atoms in total. The zero-order chi connectivity index (χ0) is 36.6. The first-order chi connectivity index (χ1) is 27.2. The van der Waals surface area contributed by atoms with Gasteiger partial charge in [0, 0.05) is 49.3 Å². The Labute approximate surface area is 316 Å². The highest BCUT2D eigenvalue weighted by atomic mass is 15.0. The molecule has 0 aliphatic carbocycles. The fraction of sp³-hybridized carbons (Fsp3) is 0. The zero-order valence-electron chi connectivity index (χ0n) is 29.5. The van der Waals surface area contributed by atoms with Crippen LogP contribution in [0, 0.1) is 22.7 Å². The number of fused-ring (bicyclic) bond motifs is 9. The van der Waals surface area contributed by atoms with Crippen molar-refractivity contribution in [1.82, 2.24) is 13.7 Å². The summed E-state index contributed by atoms with van der Waals surface area (Å²) in [7, 11) is 0. The number of hydrogen-bond donors (Lipinski definition) is 0. The van der Waals surface area contributed by atoms with Crippen LogP contribution in [0.1, 0.15) is 11.1 Å². The lowest BCUT2D eigenvalue weighted by molar-refractivity contribution is 1.16. The van der Waals surface area contributed by atoms with E-state index in [-0.39, 0.29) is 0 Å². The van der Waals surface area contributed by atoms with Crippen LogP contribution < -0.4 is 0 Å². The van der Waals surface area contributed by atoms with Crippen molar-refractivity contribution in [3.8, 4) is 40.3 Å².